The first-order valence-corrected chi connectivity index (χ1v) is 16.2. The lowest BCUT2D eigenvalue weighted by atomic mass is 9.97. The van der Waals surface area contributed by atoms with E-state index < -0.39 is 0 Å². The van der Waals surface area contributed by atoms with Crippen molar-refractivity contribution in [2.45, 2.75) is 0 Å². The Kier molecular flexibility index (Phi) is 5.84. The minimum absolute atomic E-state index is 0.788. The number of fused-ring (bicyclic) bond motifs is 11. The minimum Gasteiger partial charge on any atom is -0.457 e. The predicted octanol–water partition coefficient (Wildman–Crippen LogP) is 12.9. The highest BCUT2D eigenvalue weighted by Gasteiger charge is 2.20. The van der Waals surface area contributed by atoms with E-state index in [0.717, 1.165) is 88.1 Å². The number of benzene rings is 8. The monoisotopic (exact) mass is 616 g/mol. The van der Waals surface area contributed by atoms with Crippen LogP contribution in [0.1, 0.15) is 0 Å². The largest absolute Gasteiger partial charge is 0.457 e. The summed E-state index contributed by atoms with van der Waals surface area (Å²) in [6, 6.07) is 57.3. The first kappa shape index (κ1) is 26.7. The van der Waals surface area contributed by atoms with Crippen LogP contribution in [0.15, 0.2) is 173 Å². The Morgan fingerprint density at radius 2 is 1.06 bits per heavy atom. The lowest BCUT2D eigenvalue weighted by molar-refractivity contribution is 0.660. The predicted molar refractivity (Wildman–Crippen MR) is 200 cm³/mol. The van der Waals surface area contributed by atoms with Gasteiger partial charge in [-0.3, -0.25) is 0 Å². The van der Waals surface area contributed by atoms with Gasteiger partial charge in [0.2, 0.25) is 0 Å². The van der Waals surface area contributed by atoms with Crippen LogP contribution in [-0.2, 0) is 0 Å². The second kappa shape index (κ2) is 10.5. The van der Waals surface area contributed by atoms with E-state index >= 15 is 0 Å². The molecular weight excluding hydrogens is 588 g/mol. The van der Waals surface area contributed by atoms with E-state index in [4.69, 9.17) is 8.83 Å². The quantitative estimate of drug-likeness (QED) is 0.201. The van der Waals surface area contributed by atoms with Crippen molar-refractivity contribution in [1.29, 1.82) is 0 Å². The number of para-hydroxylation sites is 3. The molecule has 10 rings (SSSR count). The Balaban J connectivity index is 1.35. The summed E-state index contributed by atoms with van der Waals surface area (Å²) < 4.78 is 13.2. The molecule has 0 aliphatic rings. The summed E-state index contributed by atoms with van der Waals surface area (Å²) in [5.74, 6) is 0. The first-order chi connectivity index (χ1) is 23.8. The van der Waals surface area contributed by atoms with E-state index in [1.54, 1.807) is 0 Å². The molecule has 0 atom stereocenters. The number of nitrogens with one attached hydrogen (secondary N) is 1. The summed E-state index contributed by atoms with van der Waals surface area (Å²) in [5, 5.41) is 8.97. The van der Waals surface area contributed by atoms with Crippen molar-refractivity contribution in [3.63, 3.8) is 0 Å². The van der Waals surface area contributed by atoms with E-state index in [9.17, 15) is 0 Å². The van der Waals surface area contributed by atoms with Crippen LogP contribution in [-0.4, -0.2) is 4.98 Å². The average molecular weight is 617 g/mol. The highest BCUT2D eigenvalue weighted by atomic mass is 16.3. The Hall–Kier alpha value is -6.52. The third-order valence-electron chi connectivity index (χ3n) is 9.40. The fraction of sp³-hybridized carbons (Fsp3) is 0. The second-order valence-electron chi connectivity index (χ2n) is 12.2. The number of hydrogen-bond donors (Lipinski definition) is 1. The highest BCUT2D eigenvalue weighted by molar-refractivity contribution is 6.22. The molecule has 0 aliphatic carbocycles. The Labute approximate surface area is 275 Å². The summed E-state index contributed by atoms with van der Waals surface area (Å²) in [6.45, 7) is 0. The summed E-state index contributed by atoms with van der Waals surface area (Å²) in [4.78, 5) is 6.03. The fourth-order valence-electron chi connectivity index (χ4n) is 7.25. The maximum Gasteiger partial charge on any atom is 0.159 e. The van der Waals surface area contributed by atoms with Crippen LogP contribution in [0.5, 0.6) is 0 Å². The van der Waals surface area contributed by atoms with Crippen molar-refractivity contribution in [3.8, 4) is 0 Å². The molecule has 0 spiro atoms. The number of aromatic amines is 1. The molecule has 0 aliphatic heterocycles. The van der Waals surface area contributed by atoms with Crippen LogP contribution < -0.4 is 4.90 Å². The summed E-state index contributed by atoms with van der Waals surface area (Å²) >= 11 is 0. The van der Waals surface area contributed by atoms with Crippen LogP contribution in [0.4, 0.5) is 17.1 Å². The van der Waals surface area contributed by atoms with Crippen LogP contribution in [0, 0.1) is 0 Å². The van der Waals surface area contributed by atoms with Gasteiger partial charge in [-0.25, -0.2) is 0 Å². The van der Waals surface area contributed by atoms with Gasteiger partial charge in [-0.15, -0.1) is 0 Å². The molecule has 0 saturated heterocycles. The molecule has 8 aromatic carbocycles. The fourth-order valence-corrected chi connectivity index (χ4v) is 7.25. The lowest BCUT2D eigenvalue weighted by Crippen LogP contribution is -2.10. The molecule has 0 saturated carbocycles. The number of nitrogens with zero attached hydrogens (tertiary/aromatic N) is 1. The molecule has 1 N–H and O–H groups in total. The first-order valence-electron chi connectivity index (χ1n) is 16.2. The molecule has 2 heterocycles. The zero-order valence-corrected chi connectivity index (χ0v) is 25.9. The van der Waals surface area contributed by atoms with Crippen LogP contribution in [0.2, 0.25) is 0 Å². The standard InChI is InChI=1S/C44H28N2O2/c1-2-12-29(13-3-1)46(41-21-10-20-37-36-17-6-7-22-42(36)48-44(37)41)30-23-24-40-39(26-30)34-19-9-18-33-32-15-4-5-16-35(32)43(27-38(33)34)47-31-14-8-11-28(25-31)45-40/h1-27,45H. The summed E-state index contributed by atoms with van der Waals surface area (Å²) in [5.41, 5.74) is 8.37. The van der Waals surface area contributed by atoms with Crippen molar-refractivity contribution in [3.05, 3.63) is 164 Å². The van der Waals surface area contributed by atoms with Crippen molar-refractivity contribution >= 4 is 93.5 Å². The Morgan fingerprint density at radius 1 is 0.396 bits per heavy atom. The molecule has 10 aromatic rings. The normalized spacial score (nSPS) is 11.8. The lowest BCUT2D eigenvalue weighted by Gasteiger charge is -2.26. The minimum atomic E-state index is 0.788. The third kappa shape index (κ3) is 4.16. The Morgan fingerprint density at radius 3 is 1.94 bits per heavy atom. The number of H-pyrrole nitrogens is 1. The topological polar surface area (TPSA) is 45.3 Å². The third-order valence-corrected chi connectivity index (χ3v) is 9.40. The van der Waals surface area contributed by atoms with E-state index in [0.29, 0.717) is 0 Å². The van der Waals surface area contributed by atoms with Crippen molar-refractivity contribution in [1.82, 2.24) is 4.98 Å². The van der Waals surface area contributed by atoms with E-state index in [2.05, 4.69) is 149 Å². The van der Waals surface area contributed by atoms with Gasteiger partial charge in [0.25, 0.3) is 0 Å². The van der Waals surface area contributed by atoms with Gasteiger partial charge in [-0.05, 0) is 82.2 Å². The smallest absolute Gasteiger partial charge is 0.159 e. The number of anilines is 3. The second-order valence-corrected chi connectivity index (χ2v) is 12.2. The SMILES string of the molecule is c1ccc(N(c2ccc3[nH]c4cccc(c4)oc4cc5c(cccc5c5ccccc45)c3c2)c2cccc3c2oc2ccccc23)cc1. The molecule has 48 heavy (non-hydrogen) atoms. The van der Waals surface area contributed by atoms with E-state index in [1.165, 1.54) is 5.39 Å². The number of aromatic nitrogens is 1. The molecule has 4 nitrogen and oxygen atoms in total. The van der Waals surface area contributed by atoms with E-state index in [1.807, 2.05) is 24.3 Å². The summed E-state index contributed by atoms with van der Waals surface area (Å²) in [6.07, 6.45) is 0. The van der Waals surface area contributed by atoms with Crippen molar-refractivity contribution in [2.24, 2.45) is 0 Å². The van der Waals surface area contributed by atoms with Gasteiger partial charge >= 0.3 is 0 Å². The van der Waals surface area contributed by atoms with Gasteiger partial charge in [0.1, 0.15) is 16.7 Å². The molecule has 4 bridgehead atoms. The van der Waals surface area contributed by atoms with Crippen LogP contribution >= 0.6 is 0 Å². The van der Waals surface area contributed by atoms with Crippen LogP contribution in [0.3, 0.4) is 0 Å². The zero-order chi connectivity index (χ0) is 31.6. The molecule has 0 amide bonds. The average Bonchev–Trinajstić information content (AvgIpc) is 3.52. The van der Waals surface area contributed by atoms with Gasteiger partial charge in [0, 0.05) is 50.0 Å². The number of hydrogen-bond acceptors (Lipinski definition) is 3. The van der Waals surface area contributed by atoms with Gasteiger partial charge < -0.3 is 18.7 Å². The van der Waals surface area contributed by atoms with Gasteiger partial charge in [0.05, 0.1) is 5.69 Å². The van der Waals surface area contributed by atoms with E-state index in [-0.39, 0.29) is 0 Å². The van der Waals surface area contributed by atoms with Gasteiger partial charge in [-0.2, -0.15) is 0 Å². The molecule has 0 fully saturated rings. The summed E-state index contributed by atoms with van der Waals surface area (Å²) in [7, 11) is 0. The molecular formula is C44H28N2O2. The van der Waals surface area contributed by atoms with Crippen LogP contribution in [0.25, 0.3) is 76.5 Å². The highest BCUT2D eigenvalue weighted by Crippen LogP contribution is 2.43. The van der Waals surface area contributed by atoms with Gasteiger partial charge in [-0.1, -0.05) is 97.1 Å². The molecule has 226 valence electrons. The Bertz CT molecular complexity index is 2910. The van der Waals surface area contributed by atoms with Crippen molar-refractivity contribution in [2.75, 3.05) is 4.90 Å². The molecule has 0 radical (unpaired) electrons. The zero-order valence-electron chi connectivity index (χ0n) is 25.9. The maximum atomic E-state index is 6.61. The number of furan rings is 1. The number of rotatable bonds is 3. The van der Waals surface area contributed by atoms with Gasteiger partial charge in [0.15, 0.2) is 5.58 Å². The molecule has 4 heteroatoms. The van der Waals surface area contributed by atoms with Crippen molar-refractivity contribution < 1.29 is 8.83 Å². The maximum absolute atomic E-state index is 6.61. The molecule has 0 unspecified atom stereocenters. The molecule has 2 aromatic heterocycles.